The smallest absolute Gasteiger partial charge is 0.0763 e. The minimum atomic E-state index is 0.339. The second-order valence-electron chi connectivity index (χ2n) is 5.27. The molecule has 1 heterocycles. The number of halogens is 1. The van der Waals surface area contributed by atoms with Gasteiger partial charge in [0.25, 0.3) is 0 Å². The normalized spacial score (nSPS) is 33.2. The number of rotatable bonds is 3. The van der Waals surface area contributed by atoms with Crippen molar-refractivity contribution in [3.05, 3.63) is 11.6 Å². The molecule has 2 unspecified atom stereocenters. The van der Waals surface area contributed by atoms with Gasteiger partial charge in [0.1, 0.15) is 0 Å². The molecule has 1 aliphatic carbocycles. The maximum atomic E-state index is 6.09. The maximum absolute atomic E-state index is 6.09. The lowest BCUT2D eigenvalue weighted by atomic mass is 9.84. The molecule has 1 nitrogen and oxygen atoms in total. The van der Waals surface area contributed by atoms with Crippen molar-refractivity contribution in [3.8, 4) is 0 Å². The zero-order valence-electron chi connectivity index (χ0n) is 10.3. The van der Waals surface area contributed by atoms with Crippen LogP contribution in [0.4, 0.5) is 0 Å². The molecule has 2 heteroatoms. The van der Waals surface area contributed by atoms with E-state index in [1.165, 1.54) is 50.5 Å². The quantitative estimate of drug-likeness (QED) is 0.530. The van der Waals surface area contributed by atoms with Crippen LogP contribution >= 0.6 is 11.6 Å². The predicted octanol–water partition coefficient (Wildman–Crippen LogP) is 4.30. The molecule has 1 aliphatic heterocycles. The molecule has 2 aliphatic rings. The molecule has 0 bridgehead atoms. The van der Waals surface area contributed by atoms with Crippen LogP contribution in [0.1, 0.15) is 51.9 Å². The second-order valence-corrected chi connectivity index (χ2v) is 5.54. The first-order valence-electron chi connectivity index (χ1n) is 6.71. The maximum Gasteiger partial charge on any atom is 0.0763 e. The van der Waals surface area contributed by atoms with Gasteiger partial charge in [-0.2, -0.15) is 0 Å². The Bertz CT molecular complexity index is 243. The SMILES string of the molecule is CC1CCC(/C=C(/CCl)C2CCCCC2)O1. The third kappa shape index (κ3) is 3.24. The monoisotopic (exact) mass is 242 g/mol. The van der Waals surface area contributed by atoms with E-state index in [0.29, 0.717) is 18.1 Å². The highest BCUT2D eigenvalue weighted by Gasteiger charge is 2.23. The molecule has 0 spiro atoms. The van der Waals surface area contributed by atoms with E-state index in [9.17, 15) is 0 Å². The van der Waals surface area contributed by atoms with Crippen LogP contribution in [0.5, 0.6) is 0 Å². The van der Waals surface area contributed by atoms with Crippen molar-refractivity contribution in [1.29, 1.82) is 0 Å². The summed E-state index contributed by atoms with van der Waals surface area (Å²) in [6.07, 6.45) is 12.3. The van der Waals surface area contributed by atoms with Gasteiger partial charge in [-0.1, -0.05) is 30.9 Å². The number of hydrogen-bond acceptors (Lipinski definition) is 1. The van der Waals surface area contributed by atoms with Crippen molar-refractivity contribution >= 4 is 11.6 Å². The highest BCUT2D eigenvalue weighted by atomic mass is 35.5. The Morgan fingerprint density at radius 2 is 1.94 bits per heavy atom. The van der Waals surface area contributed by atoms with Crippen molar-refractivity contribution in [1.82, 2.24) is 0 Å². The third-order valence-corrected chi connectivity index (χ3v) is 4.26. The van der Waals surface area contributed by atoms with Crippen LogP contribution in [0.3, 0.4) is 0 Å². The molecule has 0 radical (unpaired) electrons. The Morgan fingerprint density at radius 1 is 1.19 bits per heavy atom. The average Bonchev–Trinajstić information content (AvgIpc) is 2.73. The number of allylic oxidation sites excluding steroid dienone is 1. The van der Waals surface area contributed by atoms with Crippen LogP contribution in [0.25, 0.3) is 0 Å². The van der Waals surface area contributed by atoms with E-state index in [1.54, 1.807) is 0 Å². The van der Waals surface area contributed by atoms with E-state index in [2.05, 4.69) is 13.0 Å². The van der Waals surface area contributed by atoms with Crippen molar-refractivity contribution in [2.24, 2.45) is 5.92 Å². The standard InChI is InChI=1S/C14H23ClO/c1-11-7-8-14(16-11)9-13(10-15)12-5-3-2-4-6-12/h9,11-12,14H,2-8,10H2,1H3/b13-9-. The Morgan fingerprint density at radius 3 is 2.50 bits per heavy atom. The minimum Gasteiger partial charge on any atom is -0.371 e. The second kappa shape index (κ2) is 6.07. The molecule has 2 fully saturated rings. The molecule has 2 atom stereocenters. The topological polar surface area (TPSA) is 9.23 Å². The van der Waals surface area contributed by atoms with Crippen molar-refractivity contribution in [2.75, 3.05) is 5.88 Å². The fourth-order valence-electron chi connectivity index (χ4n) is 2.96. The first-order valence-corrected chi connectivity index (χ1v) is 7.25. The summed E-state index contributed by atoms with van der Waals surface area (Å²) in [6, 6.07) is 0. The molecular weight excluding hydrogens is 220 g/mol. The summed E-state index contributed by atoms with van der Waals surface area (Å²) in [5.41, 5.74) is 1.44. The van der Waals surface area contributed by atoms with E-state index in [-0.39, 0.29) is 0 Å². The van der Waals surface area contributed by atoms with E-state index in [1.807, 2.05) is 0 Å². The summed E-state index contributed by atoms with van der Waals surface area (Å²) < 4.78 is 5.85. The van der Waals surface area contributed by atoms with Gasteiger partial charge in [0.15, 0.2) is 0 Å². The van der Waals surface area contributed by atoms with Gasteiger partial charge in [-0.05, 0) is 38.5 Å². The average molecular weight is 243 g/mol. The lowest BCUT2D eigenvalue weighted by molar-refractivity contribution is 0.0824. The molecule has 0 aromatic carbocycles. The number of hydrogen-bond donors (Lipinski definition) is 0. The lowest BCUT2D eigenvalue weighted by Crippen LogP contribution is -2.14. The molecule has 0 aromatic rings. The van der Waals surface area contributed by atoms with E-state index in [0.717, 1.165) is 5.92 Å². The van der Waals surface area contributed by atoms with E-state index in [4.69, 9.17) is 16.3 Å². The summed E-state index contributed by atoms with van der Waals surface area (Å²) >= 11 is 6.09. The summed E-state index contributed by atoms with van der Waals surface area (Å²) in [6.45, 7) is 2.16. The van der Waals surface area contributed by atoms with Crippen LogP contribution in [0.2, 0.25) is 0 Å². The Labute approximate surface area is 104 Å². The molecular formula is C14H23ClO. The van der Waals surface area contributed by atoms with Crippen LogP contribution in [0.15, 0.2) is 11.6 Å². The number of ether oxygens (including phenoxy) is 1. The van der Waals surface area contributed by atoms with Crippen LogP contribution in [0, 0.1) is 5.92 Å². The van der Waals surface area contributed by atoms with Crippen LogP contribution in [-0.4, -0.2) is 18.1 Å². The van der Waals surface area contributed by atoms with E-state index >= 15 is 0 Å². The van der Waals surface area contributed by atoms with Gasteiger partial charge in [-0.25, -0.2) is 0 Å². The molecule has 0 N–H and O–H groups in total. The van der Waals surface area contributed by atoms with Gasteiger partial charge in [0, 0.05) is 5.88 Å². The Balaban J connectivity index is 1.94. The van der Waals surface area contributed by atoms with Crippen molar-refractivity contribution < 1.29 is 4.74 Å². The molecule has 92 valence electrons. The zero-order chi connectivity index (χ0) is 11.4. The summed E-state index contributed by atoms with van der Waals surface area (Å²) in [7, 11) is 0. The van der Waals surface area contributed by atoms with Crippen LogP contribution in [-0.2, 0) is 4.74 Å². The third-order valence-electron chi connectivity index (χ3n) is 3.95. The van der Waals surface area contributed by atoms with Gasteiger partial charge in [-0.3, -0.25) is 0 Å². The molecule has 16 heavy (non-hydrogen) atoms. The summed E-state index contributed by atoms with van der Waals surface area (Å²) in [5.74, 6) is 1.43. The van der Waals surface area contributed by atoms with E-state index < -0.39 is 0 Å². The van der Waals surface area contributed by atoms with Gasteiger partial charge in [0.05, 0.1) is 12.2 Å². The first kappa shape index (κ1) is 12.4. The van der Waals surface area contributed by atoms with Gasteiger partial charge in [0.2, 0.25) is 0 Å². The van der Waals surface area contributed by atoms with Crippen molar-refractivity contribution in [3.63, 3.8) is 0 Å². The predicted molar refractivity (Wildman–Crippen MR) is 68.9 cm³/mol. The molecule has 0 amide bonds. The first-order chi connectivity index (χ1) is 7.79. The van der Waals surface area contributed by atoms with Gasteiger partial charge < -0.3 is 4.74 Å². The highest BCUT2D eigenvalue weighted by Crippen LogP contribution is 2.32. The van der Waals surface area contributed by atoms with Crippen molar-refractivity contribution in [2.45, 2.75) is 64.1 Å². The van der Waals surface area contributed by atoms with Crippen LogP contribution < -0.4 is 0 Å². The number of alkyl halides is 1. The lowest BCUT2D eigenvalue weighted by Gasteiger charge is -2.24. The molecule has 0 aromatic heterocycles. The molecule has 1 saturated heterocycles. The highest BCUT2D eigenvalue weighted by molar-refractivity contribution is 6.19. The Kier molecular flexibility index (Phi) is 4.72. The molecule has 1 saturated carbocycles. The molecule has 2 rings (SSSR count). The minimum absolute atomic E-state index is 0.339. The summed E-state index contributed by atoms with van der Waals surface area (Å²) in [5, 5.41) is 0. The van der Waals surface area contributed by atoms with Gasteiger partial charge >= 0.3 is 0 Å². The van der Waals surface area contributed by atoms with Gasteiger partial charge in [-0.15, -0.1) is 11.6 Å². The summed E-state index contributed by atoms with van der Waals surface area (Å²) in [4.78, 5) is 0. The largest absolute Gasteiger partial charge is 0.371 e. The Hall–Kier alpha value is -0.0100. The fraction of sp³-hybridized carbons (Fsp3) is 0.857. The zero-order valence-corrected chi connectivity index (χ0v) is 11.0. The fourth-order valence-corrected chi connectivity index (χ4v) is 3.27.